The molecule has 4 aromatic heterocycles. The first-order chi connectivity index (χ1) is 18.5. The first-order valence-electron chi connectivity index (χ1n) is 12.3. The minimum atomic E-state index is -2.77. The Morgan fingerprint density at radius 1 is 1.18 bits per heavy atom. The summed E-state index contributed by atoms with van der Waals surface area (Å²) in [5.74, 6) is 0.870. The maximum atomic E-state index is 14.8. The second-order valence-electron chi connectivity index (χ2n) is 10.2. The Bertz CT molecular complexity index is 1500. The minimum absolute atomic E-state index is 0.0771. The molecule has 1 saturated heterocycles. The summed E-state index contributed by atoms with van der Waals surface area (Å²) in [6, 6.07) is 6.29. The molecule has 5 rings (SSSR count). The van der Waals surface area contributed by atoms with Crippen molar-refractivity contribution in [2.45, 2.75) is 45.1 Å². The number of methoxy groups -OCH3 is 1. The number of anilines is 1. The summed E-state index contributed by atoms with van der Waals surface area (Å²) in [4.78, 5) is 22.8. The lowest BCUT2D eigenvalue weighted by Crippen LogP contribution is -2.36. The molecule has 2 atom stereocenters. The number of alkyl halides is 3. The zero-order valence-corrected chi connectivity index (χ0v) is 21.8. The number of nitrogens with one attached hydrogen (secondary N) is 1. The quantitative estimate of drug-likeness (QED) is 0.364. The highest BCUT2D eigenvalue weighted by Gasteiger charge is 2.37. The van der Waals surface area contributed by atoms with Gasteiger partial charge in [0.05, 0.1) is 43.5 Å². The van der Waals surface area contributed by atoms with E-state index >= 15 is 0 Å². The Kier molecular flexibility index (Phi) is 6.83. The molecule has 1 aliphatic heterocycles. The summed E-state index contributed by atoms with van der Waals surface area (Å²) in [6.45, 7) is 2.56. The minimum Gasteiger partial charge on any atom is -0.496 e. The normalized spacial score (nSPS) is 17.7. The summed E-state index contributed by atoms with van der Waals surface area (Å²) in [5, 5.41) is 6.81. The third kappa shape index (κ3) is 5.47. The monoisotopic (exact) mass is 543 g/mol. The molecule has 0 radical (unpaired) electrons. The van der Waals surface area contributed by atoms with Gasteiger partial charge in [0.15, 0.2) is 0 Å². The molecule has 0 aromatic carbocycles. The van der Waals surface area contributed by atoms with Crippen molar-refractivity contribution in [1.29, 1.82) is 0 Å². The maximum absolute atomic E-state index is 14.8. The summed E-state index contributed by atoms with van der Waals surface area (Å²) < 4.78 is 54.2. The summed E-state index contributed by atoms with van der Waals surface area (Å²) in [6.07, 6.45) is 4.06. The summed E-state index contributed by atoms with van der Waals surface area (Å²) in [7, 11) is 1.48. The van der Waals surface area contributed by atoms with Crippen LogP contribution in [0.4, 0.5) is 23.8 Å². The topological polar surface area (TPSA) is 98.8 Å². The number of likely N-dealkylation sites (tertiary alicyclic amines) is 1. The van der Waals surface area contributed by atoms with Crippen LogP contribution in [0, 0.1) is 0 Å². The number of carbonyl (C=O) groups is 1. The Hall–Kier alpha value is -4.29. The fourth-order valence-electron chi connectivity index (χ4n) is 4.39. The first-order valence-corrected chi connectivity index (χ1v) is 12.3. The van der Waals surface area contributed by atoms with Gasteiger partial charge in [-0.05, 0) is 32.9 Å². The van der Waals surface area contributed by atoms with Gasteiger partial charge in [-0.2, -0.15) is 13.9 Å². The van der Waals surface area contributed by atoms with Gasteiger partial charge in [0.1, 0.15) is 29.0 Å². The largest absolute Gasteiger partial charge is 0.496 e. The number of hydrogen-bond donors (Lipinski definition) is 1. The van der Waals surface area contributed by atoms with E-state index in [4.69, 9.17) is 9.47 Å². The highest BCUT2D eigenvalue weighted by molar-refractivity contribution is 5.74. The third-order valence-corrected chi connectivity index (χ3v) is 6.19. The summed E-state index contributed by atoms with van der Waals surface area (Å²) >= 11 is 0. The number of aromatic nitrogens is 5. The molecule has 10 nitrogen and oxygen atoms in total. The molecule has 39 heavy (non-hydrogen) atoms. The zero-order chi connectivity index (χ0) is 27.9. The standard InChI is InChI=1S/C26H28F3N7O3/c1-26(2,3)39-25(37)34-13-17(27)19(14-34)33-22-7-5-6-18(32-22)20-10-30-23-8-21(38-4)16(12-35(20)23)15-9-31-36(11-15)24(28)29/h5-12,17,19,24H,13-14H2,1-4H3,(H,32,33)/t17-,19-/m0/s1. The predicted octanol–water partition coefficient (Wildman–Crippen LogP) is 5.03. The lowest BCUT2D eigenvalue weighted by atomic mass is 10.1. The highest BCUT2D eigenvalue weighted by atomic mass is 19.3. The van der Waals surface area contributed by atoms with Crippen molar-refractivity contribution in [1.82, 2.24) is 29.0 Å². The second-order valence-corrected chi connectivity index (χ2v) is 10.2. The number of amides is 1. The van der Waals surface area contributed by atoms with Crippen LogP contribution in [-0.2, 0) is 4.74 Å². The lowest BCUT2D eigenvalue weighted by molar-refractivity contribution is 0.0283. The van der Waals surface area contributed by atoms with E-state index in [1.165, 1.54) is 24.4 Å². The van der Waals surface area contributed by atoms with Gasteiger partial charge in [-0.3, -0.25) is 4.40 Å². The Balaban J connectivity index is 1.41. The van der Waals surface area contributed by atoms with Crippen molar-refractivity contribution in [2.75, 3.05) is 25.5 Å². The van der Waals surface area contributed by atoms with Crippen LogP contribution >= 0.6 is 0 Å². The van der Waals surface area contributed by atoms with Crippen LogP contribution in [0.5, 0.6) is 5.75 Å². The van der Waals surface area contributed by atoms with Crippen LogP contribution in [0.25, 0.3) is 28.2 Å². The van der Waals surface area contributed by atoms with Crippen molar-refractivity contribution < 1.29 is 27.4 Å². The van der Waals surface area contributed by atoms with Crippen LogP contribution in [0.15, 0.2) is 49.1 Å². The molecule has 1 aliphatic rings. The molecule has 0 saturated carbocycles. The van der Waals surface area contributed by atoms with E-state index < -0.39 is 30.5 Å². The molecule has 13 heteroatoms. The summed E-state index contributed by atoms with van der Waals surface area (Å²) in [5.41, 5.74) is 2.04. The van der Waals surface area contributed by atoms with Crippen molar-refractivity contribution in [3.8, 4) is 28.3 Å². The number of carbonyl (C=O) groups excluding carboxylic acids is 1. The fourth-order valence-corrected chi connectivity index (χ4v) is 4.39. The van der Waals surface area contributed by atoms with E-state index in [0.717, 1.165) is 0 Å². The smallest absolute Gasteiger partial charge is 0.410 e. The molecule has 4 aromatic rings. The van der Waals surface area contributed by atoms with Crippen LogP contribution in [0.3, 0.4) is 0 Å². The molecular formula is C26H28F3N7O3. The van der Waals surface area contributed by atoms with Crippen molar-refractivity contribution in [3.05, 3.63) is 49.1 Å². The van der Waals surface area contributed by atoms with Crippen LogP contribution < -0.4 is 10.1 Å². The highest BCUT2D eigenvalue weighted by Crippen LogP contribution is 2.33. The fraction of sp³-hybridized carbons (Fsp3) is 0.385. The van der Waals surface area contributed by atoms with Gasteiger partial charge in [0.2, 0.25) is 0 Å². The van der Waals surface area contributed by atoms with Gasteiger partial charge >= 0.3 is 12.6 Å². The van der Waals surface area contributed by atoms with Gasteiger partial charge in [0, 0.05) is 36.1 Å². The van der Waals surface area contributed by atoms with Crippen molar-refractivity contribution in [2.24, 2.45) is 0 Å². The maximum Gasteiger partial charge on any atom is 0.410 e. The zero-order valence-electron chi connectivity index (χ0n) is 21.8. The molecule has 1 fully saturated rings. The number of fused-ring (bicyclic) bond motifs is 1. The van der Waals surface area contributed by atoms with Gasteiger partial charge in [-0.1, -0.05) is 6.07 Å². The van der Waals surface area contributed by atoms with E-state index in [0.29, 0.717) is 44.4 Å². The van der Waals surface area contributed by atoms with Crippen molar-refractivity contribution in [3.63, 3.8) is 0 Å². The first kappa shape index (κ1) is 26.3. The molecule has 0 spiro atoms. The van der Waals surface area contributed by atoms with Crippen LogP contribution in [0.2, 0.25) is 0 Å². The predicted molar refractivity (Wildman–Crippen MR) is 138 cm³/mol. The number of halogens is 3. The number of rotatable bonds is 6. The van der Waals surface area contributed by atoms with E-state index in [9.17, 15) is 18.0 Å². The average Bonchev–Trinajstić information content (AvgIpc) is 3.61. The average molecular weight is 544 g/mol. The van der Waals surface area contributed by atoms with Gasteiger partial charge in [0.25, 0.3) is 0 Å². The lowest BCUT2D eigenvalue weighted by Gasteiger charge is -2.24. The Morgan fingerprint density at radius 3 is 2.67 bits per heavy atom. The Morgan fingerprint density at radius 2 is 1.97 bits per heavy atom. The van der Waals surface area contributed by atoms with Gasteiger partial charge in [-0.15, -0.1) is 0 Å². The van der Waals surface area contributed by atoms with Gasteiger partial charge < -0.3 is 19.7 Å². The number of pyridine rings is 2. The molecule has 1 N–H and O–H groups in total. The number of ether oxygens (including phenoxy) is 2. The molecule has 0 bridgehead atoms. The number of hydrogen-bond acceptors (Lipinski definition) is 7. The van der Waals surface area contributed by atoms with Crippen molar-refractivity contribution >= 4 is 17.6 Å². The molecule has 206 valence electrons. The van der Waals surface area contributed by atoms with Crippen LogP contribution in [0.1, 0.15) is 27.3 Å². The number of nitrogens with zero attached hydrogens (tertiary/aromatic N) is 6. The van der Waals surface area contributed by atoms with E-state index in [-0.39, 0.29) is 13.1 Å². The van der Waals surface area contributed by atoms with E-state index in [1.807, 2.05) is 0 Å². The van der Waals surface area contributed by atoms with Crippen LogP contribution in [-0.4, -0.2) is 73.2 Å². The molecule has 1 amide bonds. The van der Waals surface area contributed by atoms with E-state index in [1.54, 1.807) is 61.8 Å². The third-order valence-electron chi connectivity index (χ3n) is 6.19. The Labute approximate surface area is 222 Å². The molecule has 0 unspecified atom stereocenters. The SMILES string of the molecule is COc1cc2ncc(-c3cccc(N[C@H]4CN(C(=O)OC(C)(C)C)C[C@@H]4F)n3)n2cc1-c1cnn(C(F)F)c1. The molecular weight excluding hydrogens is 515 g/mol. The van der Waals surface area contributed by atoms with Gasteiger partial charge in [-0.25, -0.2) is 23.8 Å². The van der Waals surface area contributed by atoms with E-state index in [2.05, 4.69) is 20.4 Å². The molecule has 0 aliphatic carbocycles. The molecule has 5 heterocycles. The second kappa shape index (κ2) is 10.1. The number of imidazole rings is 1.